The molecule has 0 atom stereocenters. The van der Waals surface area contributed by atoms with Crippen LogP contribution >= 0.6 is 23.1 Å². The summed E-state index contributed by atoms with van der Waals surface area (Å²) in [5.41, 5.74) is 3.95. The number of rotatable bonds is 5. The zero-order valence-corrected chi connectivity index (χ0v) is 16.2. The molecule has 130 valence electrons. The molecule has 3 aromatic rings. The molecule has 0 aliphatic carbocycles. The molecule has 0 aliphatic rings. The molecule has 8 heteroatoms. The fourth-order valence-electron chi connectivity index (χ4n) is 2.55. The van der Waals surface area contributed by atoms with Crippen LogP contribution in [-0.2, 0) is 17.6 Å². The van der Waals surface area contributed by atoms with Crippen molar-refractivity contribution in [2.24, 2.45) is 7.05 Å². The van der Waals surface area contributed by atoms with E-state index in [0.29, 0.717) is 10.9 Å². The molecule has 0 unspecified atom stereocenters. The number of hydrogen-bond acceptors (Lipinski definition) is 6. The van der Waals surface area contributed by atoms with E-state index >= 15 is 0 Å². The second-order valence-corrected chi connectivity index (χ2v) is 7.51. The molecular weight excluding hydrogens is 354 g/mol. The van der Waals surface area contributed by atoms with Crippen molar-refractivity contribution in [3.8, 4) is 0 Å². The Kier molecular flexibility index (Phi) is 5.19. The number of aromatic nitrogens is 4. The van der Waals surface area contributed by atoms with Gasteiger partial charge in [0, 0.05) is 25.1 Å². The molecule has 0 fully saturated rings. The summed E-state index contributed by atoms with van der Waals surface area (Å²) in [4.78, 5) is 18.7. The monoisotopic (exact) mass is 373 g/mol. The first-order chi connectivity index (χ1) is 12.0. The molecule has 25 heavy (non-hydrogen) atoms. The third-order valence-electron chi connectivity index (χ3n) is 3.73. The number of benzene rings is 1. The Hall–Kier alpha value is -2.19. The Morgan fingerprint density at radius 2 is 2.04 bits per heavy atom. The lowest BCUT2D eigenvalue weighted by Gasteiger charge is -2.22. The quantitative estimate of drug-likeness (QED) is 0.635. The summed E-state index contributed by atoms with van der Waals surface area (Å²) >= 11 is 3.05. The van der Waals surface area contributed by atoms with Crippen LogP contribution in [0.3, 0.4) is 0 Å². The largest absolute Gasteiger partial charge is 0.312 e. The number of anilines is 2. The van der Waals surface area contributed by atoms with Crippen LogP contribution in [0, 0.1) is 13.8 Å². The maximum absolute atomic E-state index is 12.3. The number of nitrogens with zero attached hydrogens (tertiary/aromatic N) is 5. The van der Waals surface area contributed by atoms with Crippen molar-refractivity contribution in [3.63, 3.8) is 0 Å². The Labute approximate surface area is 154 Å². The third-order valence-corrected chi connectivity index (χ3v) is 5.67. The second-order valence-electron chi connectivity index (χ2n) is 5.73. The maximum Gasteiger partial charge on any atom is 0.230 e. The fraction of sp³-hybridized carbons (Fsp3) is 0.294. The van der Waals surface area contributed by atoms with Gasteiger partial charge in [-0.05, 0) is 25.0 Å². The summed E-state index contributed by atoms with van der Waals surface area (Å²) in [6.07, 6.45) is 1.67. The first-order valence-electron chi connectivity index (χ1n) is 7.75. The molecule has 0 saturated heterocycles. The van der Waals surface area contributed by atoms with Gasteiger partial charge in [-0.15, -0.1) is 21.5 Å². The molecule has 0 radical (unpaired) electrons. The molecule has 2 aromatic heterocycles. The predicted molar refractivity (Wildman–Crippen MR) is 101 cm³/mol. The standard InChI is InChI=1S/C17H19N5OS2/c1-11-6-5-7-12(2)15(11)22(13(3)23)16-19-14(8-24-16)9-25-17-20-18-10-21(17)4/h5-8,10H,9H2,1-4H3. The number of hydrogen-bond donors (Lipinski definition) is 0. The van der Waals surface area contributed by atoms with Crippen LogP contribution < -0.4 is 4.90 Å². The number of carbonyl (C=O) groups excluding carboxylic acids is 1. The Balaban J connectivity index is 1.85. The number of thiazole rings is 1. The molecular formula is C17H19N5OS2. The minimum atomic E-state index is -0.0424. The van der Waals surface area contributed by atoms with Crippen molar-refractivity contribution in [3.05, 3.63) is 46.7 Å². The molecule has 0 bridgehead atoms. The first-order valence-corrected chi connectivity index (χ1v) is 9.62. The lowest BCUT2D eigenvalue weighted by atomic mass is 10.1. The highest BCUT2D eigenvalue weighted by atomic mass is 32.2. The average Bonchev–Trinajstić information content (AvgIpc) is 3.17. The Bertz CT molecular complexity index is 882. The van der Waals surface area contributed by atoms with E-state index in [1.54, 1.807) is 29.9 Å². The second kappa shape index (κ2) is 7.37. The van der Waals surface area contributed by atoms with Crippen molar-refractivity contribution in [1.29, 1.82) is 0 Å². The van der Waals surface area contributed by atoms with Gasteiger partial charge in [-0.2, -0.15) is 0 Å². The van der Waals surface area contributed by atoms with E-state index in [9.17, 15) is 4.79 Å². The summed E-state index contributed by atoms with van der Waals surface area (Å²) in [5.74, 6) is 0.640. The predicted octanol–water partition coefficient (Wildman–Crippen LogP) is 3.87. The molecule has 2 heterocycles. The summed E-state index contributed by atoms with van der Waals surface area (Å²) < 4.78 is 1.87. The Morgan fingerprint density at radius 3 is 2.64 bits per heavy atom. The molecule has 1 aromatic carbocycles. The van der Waals surface area contributed by atoms with Gasteiger partial charge in [0.2, 0.25) is 5.91 Å². The first kappa shape index (κ1) is 17.6. The molecule has 0 aliphatic heterocycles. The van der Waals surface area contributed by atoms with E-state index in [1.807, 2.05) is 49.0 Å². The van der Waals surface area contributed by atoms with Crippen molar-refractivity contribution in [2.75, 3.05) is 4.90 Å². The average molecular weight is 374 g/mol. The highest BCUT2D eigenvalue weighted by molar-refractivity contribution is 7.98. The van der Waals surface area contributed by atoms with Gasteiger partial charge in [-0.3, -0.25) is 9.69 Å². The number of para-hydroxylation sites is 1. The number of carbonyl (C=O) groups is 1. The minimum Gasteiger partial charge on any atom is -0.312 e. The molecule has 6 nitrogen and oxygen atoms in total. The van der Waals surface area contributed by atoms with E-state index in [0.717, 1.165) is 27.7 Å². The van der Waals surface area contributed by atoms with Crippen LogP contribution in [0.15, 0.2) is 35.1 Å². The lowest BCUT2D eigenvalue weighted by Crippen LogP contribution is -2.24. The molecule has 1 amide bonds. The fourth-order valence-corrected chi connectivity index (χ4v) is 4.31. The molecule has 0 spiro atoms. The summed E-state index contributed by atoms with van der Waals surface area (Å²) in [7, 11) is 1.91. The number of aryl methyl sites for hydroxylation is 3. The SMILES string of the molecule is CC(=O)N(c1nc(CSc2nncn2C)cs1)c1c(C)cccc1C. The van der Waals surface area contributed by atoms with E-state index < -0.39 is 0 Å². The highest BCUT2D eigenvalue weighted by Gasteiger charge is 2.21. The van der Waals surface area contributed by atoms with Crippen LogP contribution in [0.1, 0.15) is 23.7 Å². The minimum absolute atomic E-state index is 0.0424. The summed E-state index contributed by atoms with van der Waals surface area (Å²) in [6.45, 7) is 5.59. The number of thioether (sulfide) groups is 1. The van der Waals surface area contributed by atoms with Gasteiger partial charge >= 0.3 is 0 Å². The van der Waals surface area contributed by atoms with E-state index in [1.165, 1.54) is 11.3 Å². The van der Waals surface area contributed by atoms with Gasteiger partial charge in [0.1, 0.15) is 6.33 Å². The van der Waals surface area contributed by atoms with E-state index in [2.05, 4.69) is 15.2 Å². The van der Waals surface area contributed by atoms with Crippen LogP contribution in [-0.4, -0.2) is 25.7 Å². The van der Waals surface area contributed by atoms with Crippen molar-refractivity contribution < 1.29 is 4.79 Å². The van der Waals surface area contributed by atoms with Crippen LogP contribution in [0.25, 0.3) is 0 Å². The van der Waals surface area contributed by atoms with Gasteiger partial charge < -0.3 is 4.57 Å². The lowest BCUT2D eigenvalue weighted by molar-refractivity contribution is -0.115. The van der Waals surface area contributed by atoms with Gasteiger partial charge in [-0.1, -0.05) is 30.0 Å². The number of amides is 1. The third kappa shape index (κ3) is 3.74. The van der Waals surface area contributed by atoms with Crippen LogP contribution in [0.2, 0.25) is 0 Å². The molecule has 3 rings (SSSR count). The van der Waals surface area contributed by atoms with Gasteiger partial charge in [0.15, 0.2) is 10.3 Å². The van der Waals surface area contributed by atoms with Gasteiger partial charge in [0.25, 0.3) is 0 Å². The Morgan fingerprint density at radius 1 is 1.32 bits per heavy atom. The van der Waals surface area contributed by atoms with Crippen LogP contribution in [0.5, 0.6) is 0 Å². The van der Waals surface area contributed by atoms with Crippen LogP contribution in [0.4, 0.5) is 10.8 Å². The normalized spacial score (nSPS) is 10.9. The van der Waals surface area contributed by atoms with Gasteiger partial charge in [-0.25, -0.2) is 4.98 Å². The summed E-state index contributed by atoms with van der Waals surface area (Å²) in [6, 6.07) is 6.02. The van der Waals surface area contributed by atoms with Crippen molar-refractivity contribution >= 4 is 39.8 Å². The maximum atomic E-state index is 12.3. The van der Waals surface area contributed by atoms with E-state index in [-0.39, 0.29) is 5.91 Å². The topological polar surface area (TPSA) is 63.9 Å². The smallest absolute Gasteiger partial charge is 0.230 e. The van der Waals surface area contributed by atoms with E-state index in [4.69, 9.17) is 0 Å². The zero-order chi connectivity index (χ0) is 18.0. The highest BCUT2D eigenvalue weighted by Crippen LogP contribution is 2.34. The molecule has 0 N–H and O–H groups in total. The van der Waals surface area contributed by atoms with Gasteiger partial charge in [0.05, 0.1) is 11.4 Å². The summed E-state index contributed by atoms with van der Waals surface area (Å²) in [5, 5.41) is 11.5. The van der Waals surface area contributed by atoms with Crippen molar-refractivity contribution in [2.45, 2.75) is 31.7 Å². The molecule has 0 saturated carbocycles. The zero-order valence-electron chi connectivity index (χ0n) is 14.6. The van der Waals surface area contributed by atoms with Crippen molar-refractivity contribution in [1.82, 2.24) is 19.7 Å².